The zero-order valence-electron chi connectivity index (χ0n) is 11.0. The highest BCUT2D eigenvalue weighted by Gasteiger charge is 2.18. The first-order chi connectivity index (χ1) is 8.41. The first-order valence-electron chi connectivity index (χ1n) is 5.90. The van der Waals surface area contributed by atoms with E-state index < -0.39 is 5.97 Å². The van der Waals surface area contributed by atoms with Crippen LogP contribution in [-0.2, 0) is 7.05 Å². The number of carboxylic acids is 1. The highest BCUT2D eigenvalue weighted by molar-refractivity contribution is 6.05. The molecule has 0 radical (unpaired) electrons. The molecule has 0 unspecified atom stereocenters. The lowest BCUT2D eigenvalue weighted by Crippen LogP contribution is -2.05. The molecular weight excluding hydrogens is 230 g/mol. The molecule has 2 rings (SSSR count). The van der Waals surface area contributed by atoms with E-state index in [4.69, 9.17) is 4.74 Å². The smallest absolute Gasteiger partial charge is 0.338 e. The molecule has 1 aromatic carbocycles. The summed E-state index contributed by atoms with van der Waals surface area (Å²) in [6, 6.07) is 5.56. The van der Waals surface area contributed by atoms with Gasteiger partial charge in [-0.2, -0.15) is 0 Å². The number of hydrogen-bond donors (Lipinski definition) is 1. The maximum atomic E-state index is 11.3. The topological polar surface area (TPSA) is 51.5 Å². The minimum atomic E-state index is -0.903. The normalized spacial score (nSPS) is 11.2. The van der Waals surface area contributed by atoms with Gasteiger partial charge in [0, 0.05) is 23.6 Å². The third-order valence-corrected chi connectivity index (χ3v) is 3.05. The van der Waals surface area contributed by atoms with E-state index in [1.54, 1.807) is 6.07 Å². The van der Waals surface area contributed by atoms with Crippen molar-refractivity contribution in [2.45, 2.75) is 26.9 Å². The molecule has 1 aromatic heterocycles. The number of aryl methyl sites for hydroxylation is 1. The Kier molecular flexibility index (Phi) is 3.03. The number of fused-ring (bicyclic) bond motifs is 1. The van der Waals surface area contributed by atoms with Crippen molar-refractivity contribution in [3.63, 3.8) is 0 Å². The van der Waals surface area contributed by atoms with Gasteiger partial charge in [0.2, 0.25) is 0 Å². The van der Waals surface area contributed by atoms with Gasteiger partial charge in [0.1, 0.15) is 5.75 Å². The van der Waals surface area contributed by atoms with Gasteiger partial charge in [-0.05, 0) is 39.0 Å². The van der Waals surface area contributed by atoms with Crippen LogP contribution in [0.25, 0.3) is 10.9 Å². The minimum absolute atomic E-state index is 0.0699. The highest BCUT2D eigenvalue weighted by Crippen LogP contribution is 2.29. The first-order valence-corrected chi connectivity index (χ1v) is 5.90. The predicted molar refractivity (Wildman–Crippen MR) is 70.4 cm³/mol. The Hall–Kier alpha value is -1.97. The number of carboxylic acid groups (broad SMARTS) is 1. The van der Waals surface area contributed by atoms with Crippen LogP contribution in [0.1, 0.15) is 29.9 Å². The van der Waals surface area contributed by atoms with Crippen molar-refractivity contribution >= 4 is 16.9 Å². The summed E-state index contributed by atoms with van der Waals surface area (Å²) < 4.78 is 7.49. The lowest BCUT2D eigenvalue weighted by Gasteiger charge is -2.09. The molecule has 4 heteroatoms. The molecule has 0 aliphatic heterocycles. The third kappa shape index (κ3) is 1.94. The Labute approximate surface area is 106 Å². The number of carbonyl (C=O) groups is 1. The van der Waals surface area contributed by atoms with Crippen LogP contribution in [-0.4, -0.2) is 21.7 Å². The molecule has 4 nitrogen and oxygen atoms in total. The summed E-state index contributed by atoms with van der Waals surface area (Å²) in [5.74, 6) is -0.203. The molecule has 2 aromatic rings. The molecule has 0 aliphatic rings. The Morgan fingerprint density at radius 2 is 2.06 bits per heavy atom. The molecule has 0 fully saturated rings. The lowest BCUT2D eigenvalue weighted by molar-refractivity contribution is 0.0698. The maximum Gasteiger partial charge on any atom is 0.338 e. The van der Waals surface area contributed by atoms with Gasteiger partial charge in [-0.25, -0.2) is 4.79 Å². The predicted octanol–water partition coefficient (Wildman–Crippen LogP) is 2.97. The first kappa shape index (κ1) is 12.5. The van der Waals surface area contributed by atoms with Crippen LogP contribution in [0.4, 0.5) is 0 Å². The van der Waals surface area contributed by atoms with Crippen molar-refractivity contribution in [3.8, 4) is 5.75 Å². The second-order valence-corrected chi connectivity index (χ2v) is 4.67. The van der Waals surface area contributed by atoms with E-state index in [9.17, 15) is 9.90 Å². The second-order valence-electron chi connectivity index (χ2n) is 4.67. The summed E-state index contributed by atoms with van der Waals surface area (Å²) in [6.45, 7) is 5.70. The number of nitrogens with zero attached hydrogens (tertiary/aromatic N) is 1. The van der Waals surface area contributed by atoms with Crippen molar-refractivity contribution in [1.82, 2.24) is 4.57 Å². The van der Waals surface area contributed by atoms with Gasteiger partial charge in [0.15, 0.2) is 0 Å². The molecule has 96 valence electrons. The average Bonchev–Trinajstić information content (AvgIpc) is 2.50. The molecule has 0 aliphatic carbocycles. The third-order valence-electron chi connectivity index (χ3n) is 3.05. The number of ether oxygens (including phenoxy) is 1. The fourth-order valence-electron chi connectivity index (χ4n) is 2.17. The summed E-state index contributed by atoms with van der Waals surface area (Å²) >= 11 is 0. The minimum Gasteiger partial charge on any atom is -0.491 e. The van der Waals surface area contributed by atoms with Crippen molar-refractivity contribution in [2.24, 2.45) is 7.05 Å². The molecule has 0 saturated carbocycles. The van der Waals surface area contributed by atoms with E-state index in [0.29, 0.717) is 11.3 Å². The van der Waals surface area contributed by atoms with Crippen LogP contribution in [0.2, 0.25) is 0 Å². The fourth-order valence-corrected chi connectivity index (χ4v) is 2.17. The summed E-state index contributed by atoms with van der Waals surface area (Å²) in [6.07, 6.45) is 0.0699. The van der Waals surface area contributed by atoms with Crippen LogP contribution in [0.15, 0.2) is 18.2 Å². The van der Waals surface area contributed by atoms with E-state index >= 15 is 0 Å². The maximum absolute atomic E-state index is 11.3. The molecule has 1 heterocycles. The zero-order valence-corrected chi connectivity index (χ0v) is 11.0. The average molecular weight is 247 g/mol. The van der Waals surface area contributed by atoms with Gasteiger partial charge in [0.05, 0.1) is 11.7 Å². The lowest BCUT2D eigenvalue weighted by atomic mass is 10.1. The van der Waals surface area contributed by atoms with E-state index in [1.165, 1.54) is 0 Å². The Bertz CT molecular complexity index is 611. The molecule has 0 spiro atoms. The zero-order chi connectivity index (χ0) is 13.4. The van der Waals surface area contributed by atoms with Crippen molar-refractivity contribution < 1.29 is 14.6 Å². The van der Waals surface area contributed by atoms with Crippen LogP contribution in [0.3, 0.4) is 0 Å². The van der Waals surface area contributed by atoms with E-state index in [1.807, 2.05) is 44.5 Å². The van der Waals surface area contributed by atoms with Gasteiger partial charge in [-0.1, -0.05) is 0 Å². The standard InChI is InChI=1S/C14H17NO3/c1-8(2)18-10-5-6-12-11(7-10)13(14(16)17)9(3)15(12)4/h5-8H,1-4H3,(H,16,17). The highest BCUT2D eigenvalue weighted by atomic mass is 16.5. The number of benzene rings is 1. The Morgan fingerprint density at radius 3 is 2.61 bits per heavy atom. The second kappa shape index (κ2) is 4.37. The number of rotatable bonds is 3. The quantitative estimate of drug-likeness (QED) is 0.907. The monoisotopic (exact) mass is 247 g/mol. The van der Waals surface area contributed by atoms with E-state index in [0.717, 1.165) is 16.6 Å². The van der Waals surface area contributed by atoms with Crippen molar-refractivity contribution in [2.75, 3.05) is 0 Å². The number of aromatic carboxylic acids is 1. The van der Waals surface area contributed by atoms with E-state index in [2.05, 4.69) is 0 Å². The largest absolute Gasteiger partial charge is 0.491 e. The molecule has 0 bridgehead atoms. The fraction of sp³-hybridized carbons (Fsp3) is 0.357. The van der Waals surface area contributed by atoms with E-state index in [-0.39, 0.29) is 6.10 Å². The molecule has 0 amide bonds. The Morgan fingerprint density at radius 1 is 1.39 bits per heavy atom. The van der Waals surface area contributed by atoms with Crippen LogP contribution >= 0.6 is 0 Å². The van der Waals surface area contributed by atoms with Crippen molar-refractivity contribution in [3.05, 3.63) is 29.5 Å². The van der Waals surface area contributed by atoms with Crippen LogP contribution in [0, 0.1) is 6.92 Å². The SMILES string of the molecule is Cc1c(C(=O)O)c2cc(OC(C)C)ccc2n1C. The van der Waals surface area contributed by atoms with Gasteiger partial charge in [-0.15, -0.1) is 0 Å². The summed E-state index contributed by atoms with van der Waals surface area (Å²) in [7, 11) is 1.87. The molecule has 0 saturated heterocycles. The molecule has 1 N–H and O–H groups in total. The van der Waals surface area contributed by atoms with Gasteiger partial charge >= 0.3 is 5.97 Å². The summed E-state index contributed by atoms with van der Waals surface area (Å²) in [5, 5.41) is 10.0. The Balaban J connectivity index is 2.67. The van der Waals surface area contributed by atoms with Crippen molar-refractivity contribution in [1.29, 1.82) is 0 Å². The van der Waals surface area contributed by atoms with Gasteiger partial charge in [0.25, 0.3) is 0 Å². The molecular formula is C14H17NO3. The van der Waals surface area contributed by atoms with Gasteiger partial charge < -0.3 is 14.4 Å². The summed E-state index contributed by atoms with van der Waals surface area (Å²) in [5.41, 5.74) is 2.00. The molecule has 18 heavy (non-hydrogen) atoms. The van der Waals surface area contributed by atoms with Crippen LogP contribution in [0.5, 0.6) is 5.75 Å². The number of aromatic nitrogens is 1. The van der Waals surface area contributed by atoms with Gasteiger partial charge in [-0.3, -0.25) is 0 Å². The summed E-state index contributed by atoms with van der Waals surface area (Å²) in [4.78, 5) is 11.3. The number of hydrogen-bond acceptors (Lipinski definition) is 2. The molecule has 0 atom stereocenters. The van der Waals surface area contributed by atoms with Crippen LogP contribution < -0.4 is 4.74 Å².